The van der Waals surface area contributed by atoms with Gasteiger partial charge in [-0.15, -0.1) is 12.4 Å². The number of hydrogen-bond donors (Lipinski definition) is 1. The molecule has 0 bridgehead atoms. The second kappa shape index (κ2) is 7.09. The summed E-state index contributed by atoms with van der Waals surface area (Å²) in [6.45, 7) is 3.51. The van der Waals surface area contributed by atoms with Crippen LogP contribution in [-0.4, -0.2) is 21.5 Å². The minimum atomic E-state index is -3.68. The van der Waals surface area contributed by atoms with Crippen molar-refractivity contribution in [1.82, 2.24) is 5.32 Å². The Morgan fingerprint density at radius 3 is 2.65 bits per heavy atom. The highest BCUT2D eigenvalue weighted by Gasteiger charge is 2.29. The normalized spacial score (nSPS) is 14.6. The van der Waals surface area contributed by atoms with Gasteiger partial charge in [-0.05, 0) is 36.2 Å². The van der Waals surface area contributed by atoms with Crippen molar-refractivity contribution < 1.29 is 8.42 Å². The molecule has 23 heavy (non-hydrogen) atoms. The van der Waals surface area contributed by atoms with Crippen molar-refractivity contribution in [1.29, 1.82) is 0 Å². The van der Waals surface area contributed by atoms with Gasteiger partial charge in [0.05, 0.1) is 10.7 Å². The molecule has 124 valence electrons. The molecule has 1 aliphatic heterocycles. The molecular weight excluding hydrogens is 355 g/mol. The molecule has 1 aliphatic rings. The molecule has 0 unspecified atom stereocenters. The van der Waals surface area contributed by atoms with Crippen LogP contribution in [0.2, 0.25) is 5.02 Å². The van der Waals surface area contributed by atoms with Gasteiger partial charge >= 0.3 is 0 Å². The van der Waals surface area contributed by atoms with Crippen LogP contribution in [0.5, 0.6) is 0 Å². The lowest BCUT2D eigenvalue weighted by Crippen LogP contribution is -2.34. The average molecular weight is 373 g/mol. The molecule has 0 spiro atoms. The zero-order chi connectivity index (χ0) is 15.7. The first kappa shape index (κ1) is 18.1. The first-order chi connectivity index (χ1) is 10.5. The van der Waals surface area contributed by atoms with Crippen molar-refractivity contribution in [2.75, 3.05) is 17.4 Å². The fourth-order valence-corrected chi connectivity index (χ4v) is 4.69. The van der Waals surface area contributed by atoms with E-state index in [1.807, 2.05) is 31.2 Å². The number of para-hydroxylation sites is 1. The Balaban J connectivity index is 0.00000192. The van der Waals surface area contributed by atoms with Crippen molar-refractivity contribution in [3.05, 3.63) is 58.6 Å². The van der Waals surface area contributed by atoms with E-state index in [4.69, 9.17) is 11.6 Å². The van der Waals surface area contributed by atoms with Crippen LogP contribution in [-0.2, 0) is 16.6 Å². The third-order valence-electron chi connectivity index (χ3n) is 3.72. The van der Waals surface area contributed by atoms with E-state index in [1.165, 1.54) is 4.31 Å². The second-order valence-corrected chi connectivity index (χ2v) is 7.55. The third-order valence-corrected chi connectivity index (χ3v) is 6.02. The predicted molar refractivity (Wildman–Crippen MR) is 96.1 cm³/mol. The molecule has 7 heteroatoms. The number of hydrogen-bond acceptors (Lipinski definition) is 3. The van der Waals surface area contributed by atoms with Crippen molar-refractivity contribution >= 4 is 39.7 Å². The molecule has 3 rings (SSSR count). The Kier molecular flexibility index (Phi) is 5.57. The minimum absolute atomic E-state index is 0. The lowest BCUT2D eigenvalue weighted by Gasteiger charge is -2.24. The van der Waals surface area contributed by atoms with Gasteiger partial charge in [0.1, 0.15) is 4.90 Å². The van der Waals surface area contributed by atoms with Crippen LogP contribution in [0, 0.1) is 6.92 Å². The van der Waals surface area contributed by atoms with Gasteiger partial charge in [-0.25, -0.2) is 8.42 Å². The standard InChI is InChI=1S/C16H17ClN2O2S.ClH/c1-12-6-7-16(14(17)10-12)22(20,21)19-9-8-18-11-13-4-2-3-5-15(13)19;/h2-7,10,18H,8-9,11H2,1H3;1H. The molecule has 0 saturated heterocycles. The Morgan fingerprint density at radius 1 is 1.17 bits per heavy atom. The topological polar surface area (TPSA) is 49.4 Å². The van der Waals surface area contributed by atoms with Crippen molar-refractivity contribution in [3.8, 4) is 0 Å². The summed E-state index contributed by atoms with van der Waals surface area (Å²) in [7, 11) is -3.68. The Bertz CT molecular complexity index is 809. The van der Waals surface area contributed by atoms with Crippen LogP contribution in [0.25, 0.3) is 0 Å². The van der Waals surface area contributed by atoms with Gasteiger partial charge < -0.3 is 5.32 Å². The van der Waals surface area contributed by atoms with Crippen molar-refractivity contribution in [3.63, 3.8) is 0 Å². The molecule has 0 aliphatic carbocycles. The lowest BCUT2D eigenvalue weighted by atomic mass is 10.2. The van der Waals surface area contributed by atoms with Crippen LogP contribution in [0.4, 0.5) is 5.69 Å². The number of nitrogens with zero attached hydrogens (tertiary/aromatic N) is 1. The highest BCUT2D eigenvalue weighted by atomic mass is 35.5. The van der Waals surface area contributed by atoms with Gasteiger partial charge in [-0.1, -0.05) is 35.9 Å². The Hall–Kier alpha value is -1.27. The summed E-state index contributed by atoms with van der Waals surface area (Å²) in [6, 6.07) is 12.6. The van der Waals surface area contributed by atoms with Crippen LogP contribution in [0.3, 0.4) is 0 Å². The third kappa shape index (κ3) is 3.48. The quantitative estimate of drug-likeness (QED) is 0.878. The number of halogens is 2. The zero-order valence-electron chi connectivity index (χ0n) is 12.6. The zero-order valence-corrected chi connectivity index (χ0v) is 15.0. The maximum atomic E-state index is 13.0. The van der Waals surface area contributed by atoms with E-state index >= 15 is 0 Å². The minimum Gasteiger partial charge on any atom is -0.311 e. The summed E-state index contributed by atoms with van der Waals surface area (Å²) in [5, 5.41) is 3.50. The smallest absolute Gasteiger partial charge is 0.265 e. The molecule has 1 heterocycles. The molecule has 0 amide bonds. The second-order valence-electron chi connectivity index (χ2n) is 5.32. The highest BCUT2D eigenvalue weighted by Crippen LogP contribution is 2.31. The van der Waals surface area contributed by atoms with Gasteiger partial charge in [0, 0.05) is 19.6 Å². The monoisotopic (exact) mass is 372 g/mol. The first-order valence-corrected chi connectivity index (χ1v) is 8.89. The SMILES string of the molecule is Cc1ccc(S(=O)(=O)N2CCNCc3ccccc32)c(Cl)c1.Cl. The van der Waals surface area contributed by atoms with E-state index in [2.05, 4.69) is 5.32 Å². The largest absolute Gasteiger partial charge is 0.311 e. The number of rotatable bonds is 2. The van der Waals surface area contributed by atoms with Crippen molar-refractivity contribution in [2.24, 2.45) is 0 Å². The van der Waals surface area contributed by atoms with E-state index in [0.29, 0.717) is 25.3 Å². The van der Waals surface area contributed by atoms with E-state index < -0.39 is 10.0 Å². The van der Waals surface area contributed by atoms with Crippen LogP contribution in [0.1, 0.15) is 11.1 Å². The maximum Gasteiger partial charge on any atom is 0.265 e. The molecule has 0 saturated carbocycles. The summed E-state index contributed by atoms with van der Waals surface area (Å²) in [5.41, 5.74) is 2.61. The number of benzene rings is 2. The summed E-state index contributed by atoms with van der Waals surface area (Å²) < 4.78 is 27.5. The molecule has 0 aromatic heterocycles. The predicted octanol–water partition coefficient (Wildman–Crippen LogP) is 3.37. The number of nitrogens with one attached hydrogen (secondary N) is 1. The van der Waals surface area contributed by atoms with Crippen LogP contribution in [0.15, 0.2) is 47.4 Å². The summed E-state index contributed by atoms with van der Waals surface area (Å²) in [4.78, 5) is 0.150. The van der Waals surface area contributed by atoms with Gasteiger partial charge in [0.15, 0.2) is 0 Å². The van der Waals surface area contributed by atoms with E-state index in [9.17, 15) is 8.42 Å². The molecular formula is C16H18Cl2N2O2S. The number of aryl methyl sites for hydroxylation is 1. The van der Waals surface area contributed by atoms with Gasteiger partial charge in [0.25, 0.3) is 10.0 Å². The highest BCUT2D eigenvalue weighted by molar-refractivity contribution is 7.93. The van der Waals surface area contributed by atoms with E-state index in [1.54, 1.807) is 18.2 Å². The molecule has 2 aromatic carbocycles. The number of sulfonamides is 1. The van der Waals surface area contributed by atoms with Gasteiger partial charge in [-0.2, -0.15) is 0 Å². The number of anilines is 1. The molecule has 2 aromatic rings. The summed E-state index contributed by atoms with van der Waals surface area (Å²) >= 11 is 6.18. The average Bonchev–Trinajstić information content (AvgIpc) is 2.69. The first-order valence-electron chi connectivity index (χ1n) is 7.07. The Labute approximate surface area is 147 Å². The lowest BCUT2D eigenvalue weighted by molar-refractivity contribution is 0.589. The van der Waals surface area contributed by atoms with E-state index in [-0.39, 0.29) is 22.3 Å². The maximum absolute atomic E-state index is 13.0. The van der Waals surface area contributed by atoms with Crippen molar-refractivity contribution in [2.45, 2.75) is 18.4 Å². The molecule has 0 fully saturated rings. The van der Waals surface area contributed by atoms with Crippen LogP contribution >= 0.6 is 24.0 Å². The fraction of sp³-hybridized carbons (Fsp3) is 0.250. The van der Waals surface area contributed by atoms with E-state index in [0.717, 1.165) is 11.1 Å². The fourth-order valence-electron chi connectivity index (χ4n) is 2.61. The number of fused-ring (bicyclic) bond motifs is 1. The van der Waals surface area contributed by atoms with Crippen LogP contribution < -0.4 is 9.62 Å². The molecule has 0 atom stereocenters. The Morgan fingerprint density at radius 2 is 1.91 bits per heavy atom. The summed E-state index contributed by atoms with van der Waals surface area (Å²) in [5.74, 6) is 0. The molecule has 0 radical (unpaired) electrons. The molecule has 4 nitrogen and oxygen atoms in total. The van der Waals surface area contributed by atoms with Gasteiger partial charge in [-0.3, -0.25) is 4.31 Å². The van der Waals surface area contributed by atoms with Gasteiger partial charge in [0.2, 0.25) is 0 Å². The summed E-state index contributed by atoms with van der Waals surface area (Å²) in [6.07, 6.45) is 0. The molecule has 1 N–H and O–H groups in total.